The Balaban J connectivity index is 1.43. The molecule has 1 aromatic carbocycles. The predicted octanol–water partition coefficient (Wildman–Crippen LogP) is 6.87. The van der Waals surface area contributed by atoms with Crippen LogP contribution in [-0.4, -0.2) is 100 Å². The molecule has 0 N–H and O–H groups in total. The van der Waals surface area contributed by atoms with E-state index < -0.39 is 51.9 Å². The highest BCUT2D eigenvalue weighted by Gasteiger charge is 2.56. The van der Waals surface area contributed by atoms with Gasteiger partial charge in [0.15, 0.2) is 0 Å². The fraction of sp³-hybridized carbons (Fsp3) is 0.514. The number of alkyl halides is 6. The van der Waals surface area contributed by atoms with Gasteiger partial charge in [-0.15, -0.1) is 11.3 Å². The number of rotatable bonds is 8. The zero-order valence-electron chi connectivity index (χ0n) is 27.9. The number of piperazine rings is 1. The summed E-state index contributed by atoms with van der Waals surface area (Å²) >= 11 is 6.63. The van der Waals surface area contributed by atoms with Gasteiger partial charge in [-0.05, 0) is 61.2 Å². The van der Waals surface area contributed by atoms with Crippen molar-refractivity contribution in [1.82, 2.24) is 24.6 Å². The first-order valence-electron chi connectivity index (χ1n) is 16.9. The van der Waals surface area contributed by atoms with Crippen LogP contribution in [0, 0.1) is 0 Å². The Morgan fingerprint density at radius 3 is 2.41 bits per heavy atom. The maximum atomic E-state index is 15.0. The number of likely N-dealkylation sites (tertiary alicyclic amines) is 1. The van der Waals surface area contributed by atoms with E-state index in [4.69, 9.17) is 16.3 Å². The molecule has 2 aromatic heterocycles. The number of pyridine rings is 1. The van der Waals surface area contributed by atoms with Crippen LogP contribution in [0.1, 0.15) is 58.2 Å². The van der Waals surface area contributed by atoms with E-state index in [1.807, 2.05) is 12.1 Å². The lowest BCUT2D eigenvalue weighted by Crippen LogP contribution is -2.68. The fourth-order valence-corrected chi connectivity index (χ4v) is 8.27. The number of fused-ring (bicyclic) bond motifs is 1. The monoisotopic (exact) mass is 757 g/mol. The van der Waals surface area contributed by atoms with Crippen molar-refractivity contribution in [2.24, 2.45) is 0 Å². The van der Waals surface area contributed by atoms with Crippen LogP contribution < -0.4 is 4.74 Å². The summed E-state index contributed by atoms with van der Waals surface area (Å²) in [6.07, 6.45) is -7.71. The Kier molecular flexibility index (Phi) is 10.9. The molecular weight excluding hydrogens is 720 g/mol. The highest BCUT2D eigenvalue weighted by atomic mass is 35.5. The lowest BCUT2D eigenvalue weighted by atomic mass is 9.79. The molecule has 16 heteroatoms. The molecule has 8 nitrogen and oxygen atoms in total. The molecule has 0 radical (unpaired) electrons. The number of likely N-dealkylation sites (N-methyl/N-ethyl adjacent to an activating group) is 1. The summed E-state index contributed by atoms with van der Waals surface area (Å²) in [6, 6.07) is 6.90. The third-order valence-electron chi connectivity index (χ3n) is 10.1. The first-order valence-corrected chi connectivity index (χ1v) is 18.1. The molecule has 3 aliphatic rings. The van der Waals surface area contributed by atoms with Crippen molar-refractivity contribution < 1.29 is 40.7 Å². The van der Waals surface area contributed by atoms with Gasteiger partial charge in [0.25, 0.3) is 11.8 Å². The molecule has 2 fully saturated rings. The number of hydrogen-bond donors (Lipinski definition) is 0. The van der Waals surface area contributed by atoms with Gasteiger partial charge in [0, 0.05) is 81.4 Å². The van der Waals surface area contributed by atoms with Crippen LogP contribution in [0.2, 0.25) is 5.02 Å². The summed E-state index contributed by atoms with van der Waals surface area (Å²) < 4.78 is 90.2. The maximum Gasteiger partial charge on any atom is 0.425 e. The van der Waals surface area contributed by atoms with Crippen molar-refractivity contribution in [2.75, 3.05) is 52.4 Å². The number of carbonyl (C=O) groups is 2. The molecule has 0 aliphatic carbocycles. The van der Waals surface area contributed by atoms with Crippen LogP contribution >= 0.6 is 22.9 Å². The third-order valence-corrected chi connectivity index (χ3v) is 11.2. The molecule has 3 aromatic rings. The van der Waals surface area contributed by atoms with Crippen molar-refractivity contribution >= 4 is 34.8 Å². The fourth-order valence-electron chi connectivity index (χ4n) is 7.40. The molecule has 0 bridgehead atoms. The highest BCUT2D eigenvalue weighted by molar-refractivity contribution is 7.10. The van der Waals surface area contributed by atoms with E-state index >= 15 is 4.79 Å². The zero-order chi connectivity index (χ0) is 36.6. The first-order chi connectivity index (χ1) is 24.2. The van der Waals surface area contributed by atoms with Crippen LogP contribution in [0.25, 0.3) is 0 Å². The average Bonchev–Trinajstić information content (AvgIpc) is 3.59. The van der Waals surface area contributed by atoms with Crippen molar-refractivity contribution in [3.05, 3.63) is 80.3 Å². The number of amides is 2. The quantitative estimate of drug-likeness (QED) is 0.234. The minimum Gasteiger partial charge on any atom is -0.474 e. The van der Waals surface area contributed by atoms with E-state index in [-0.39, 0.29) is 44.6 Å². The summed E-state index contributed by atoms with van der Waals surface area (Å²) in [5.74, 6) is -1.77. The van der Waals surface area contributed by atoms with Crippen LogP contribution in [-0.2, 0) is 30.1 Å². The van der Waals surface area contributed by atoms with E-state index in [1.54, 1.807) is 11.0 Å². The van der Waals surface area contributed by atoms with Gasteiger partial charge in [0.1, 0.15) is 16.3 Å². The van der Waals surface area contributed by atoms with E-state index in [0.717, 1.165) is 55.2 Å². The number of carbonyl (C=O) groups excluding carboxylic acids is 2. The van der Waals surface area contributed by atoms with Crippen LogP contribution in [0.4, 0.5) is 26.3 Å². The second-order valence-corrected chi connectivity index (χ2v) is 14.5. The van der Waals surface area contributed by atoms with E-state index in [0.29, 0.717) is 42.4 Å². The van der Waals surface area contributed by atoms with Crippen LogP contribution in [0.3, 0.4) is 0 Å². The lowest BCUT2D eigenvalue weighted by Gasteiger charge is -2.50. The maximum absolute atomic E-state index is 15.0. The second-order valence-electron chi connectivity index (χ2n) is 13.1. The molecule has 51 heavy (non-hydrogen) atoms. The summed E-state index contributed by atoms with van der Waals surface area (Å²) in [4.78, 5) is 39.5. The topological polar surface area (TPSA) is 69.2 Å². The Morgan fingerprint density at radius 1 is 0.980 bits per heavy atom. The van der Waals surface area contributed by atoms with Crippen molar-refractivity contribution in [1.29, 1.82) is 0 Å². The molecule has 5 heterocycles. The molecule has 276 valence electrons. The number of halogens is 7. The Hall–Kier alpha value is -3.40. The van der Waals surface area contributed by atoms with Gasteiger partial charge >= 0.3 is 12.4 Å². The number of ether oxygens (including phenoxy) is 1. The average molecular weight is 758 g/mol. The first kappa shape index (κ1) is 37.4. The predicted molar refractivity (Wildman–Crippen MR) is 180 cm³/mol. The summed E-state index contributed by atoms with van der Waals surface area (Å²) in [5, 5.41) is 1.72. The summed E-state index contributed by atoms with van der Waals surface area (Å²) in [5.41, 5.74) is -2.16. The minimum absolute atomic E-state index is 0.00184. The Bertz CT molecular complexity index is 1730. The van der Waals surface area contributed by atoms with Gasteiger partial charge < -0.3 is 24.3 Å². The number of benzene rings is 1. The van der Waals surface area contributed by atoms with Crippen molar-refractivity contribution in [2.45, 2.75) is 63.1 Å². The molecular formula is C35H38ClF6N5O3S. The molecule has 2 amide bonds. The number of piperidine rings is 1. The molecule has 0 saturated carbocycles. The number of thiophene rings is 1. The van der Waals surface area contributed by atoms with Gasteiger partial charge in [0.2, 0.25) is 5.60 Å². The number of nitrogens with zero attached hydrogens (tertiary/aromatic N) is 5. The SMILES string of the molecule is CCN1CCN(CC[C@H]2N(C(=O)c3ncccc3C(F)(F)F)CCC[C@]2(Oc2csc(C(F)(F)F)c2)C(=O)N2CCc3cc(Cl)ccc3C2)CC1. The van der Waals surface area contributed by atoms with Crippen LogP contribution in [0.15, 0.2) is 48.0 Å². The summed E-state index contributed by atoms with van der Waals surface area (Å²) in [6.45, 7) is 6.68. The van der Waals surface area contributed by atoms with Gasteiger partial charge in [-0.2, -0.15) is 26.3 Å². The van der Waals surface area contributed by atoms with Gasteiger partial charge in [-0.25, -0.2) is 0 Å². The number of aromatic nitrogens is 1. The minimum atomic E-state index is -4.89. The van der Waals surface area contributed by atoms with E-state index in [2.05, 4.69) is 21.7 Å². The molecule has 2 saturated heterocycles. The molecule has 0 spiro atoms. The van der Waals surface area contributed by atoms with Gasteiger partial charge in [-0.3, -0.25) is 14.6 Å². The molecule has 0 unspecified atom stereocenters. The third kappa shape index (κ3) is 8.01. The van der Waals surface area contributed by atoms with E-state index in [9.17, 15) is 31.1 Å². The molecule has 3 aliphatic heterocycles. The molecule has 6 rings (SSSR count). The van der Waals surface area contributed by atoms with Gasteiger partial charge in [-0.1, -0.05) is 24.6 Å². The van der Waals surface area contributed by atoms with Crippen molar-refractivity contribution in [3.8, 4) is 5.75 Å². The smallest absolute Gasteiger partial charge is 0.425 e. The highest BCUT2D eigenvalue weighted by Crippen LogP contribution is 2.43. The van der Waals surface area contributed by atoms with Crippen molar-refractivity contribution in [3.63, 3.8) is 0 Å². The Morgan fingerprint density at radius 2 is 1.73 bits per heavy atom. The number of hydrogen-bond acceptors (Lipinski definition) is 7. The second kappa shape index (κ2) is 14.9. The zero-order valence-corrected chi connectivity index (χ0v) is 29.5. The standard InChI is InChI=1S/C35H38ClF6N5O3S/c1-2-44-15-17-45(18-16-44)13-9-28-33(50-26-20-29(51-22-26)35(40,41)42,32(49)46-14-8-23-19-25(36)7-6-24(23)21-46)10-4-12-47(28)31(48)30-27(34(37,38)39)5-3-11-43-30/h3,5-7,11,19-20,22,28H,2,4,8-10,12-18,21H2,1H3/t28-,33-/m1/s1. The summed E-state index contributed by atoms with van der Waals surface area (Å²) in [7, 11) is 0. The van der Waals surface area contributed by atoms with E-state index in [1.165, 1.54) is 10.3 Å². The largest absolute Gasteiger partial charge is 0.474 e. The van der Waals surface area contributed by atoms with Crippen LogP contribution in [0.5, 0.6) is 5.75 Å². The Labute approximate surface area is 300 Å². The van der Waals surface area contributed by atoms with Gasteiger partial charge in [0.05, 0.1) is 11.6 Å². The molecule has 2 atom stereocenters. The lowest BCUT2D eigenvalue weighted by molar-refractivity contribution is -0.160. The normalized spacial score (nSPS) is 22.2.